The number of nitrogens with one attached hydrogen (secondary N) is 1. The lowest BCUT2D eigenvalue weighted by Crippen LogP contribution is -2.65. The van der Waals surface area contributed by atoms with Crippen LogP contribution in [-0.4, -0.2) is 140 Å². The van der Waals surface area contributed by atoms with Crippen LogP contribution >= 0.6 is 0 Å². The molecule has 0 radical (unpaired) electrons. The van der Waals surface area contributed by atoms with E-state index in [1.165, 1.54) is 212 Å². The van der Waals surface area contributed by atoms with Gasteiger partial charge >= 0.3 is 0 Å². The van der Waals surface area contributed by atoms with Crippen LogP contribution in [-0.2, 0) is 23.7 Å². The van der Waals surface area contributed by atoms with Crippen molar-refractivity contribution in [3.63, 3.8) is 0 Å². The normalized spacial score (nSPS) is 24.4. The summed E-state index contributed by atoms with van der Waals surface area (Å²) in [6, 6.07) is -0.910. The predicted molar refractivity (Wildman–Crippen MR) is 323 cm³/mol. The van der Waals surface area contributed by atoms with E-state index in [4.69, 9.17) is 18.9 Å². The topological polar surface area (TPSA) is 228 Å². The van der Waals surface area contributed by atoms with Crippen molar-refractivity contribution < 1.29 is 64.6 Å². The maximum absolute atomic E-state index is 13.2. The molecule has 2 rings (SSSR count). The van der Waals surface area contributed by atoms with Crippen molar-refractivity contribution in [2.24, 2.45) is 0 Å². The zero-order valence-corrected chi connectivity index (χ0v) is 50.8. The molecule has 2 heterocycles. The summed E-state index contributed by atoms with van der Waals surface area (Å²) >= 11 is 0. The van der Waals surface area contributed by atoms with Crippen molar-refractivity contribution in [2.75, 3.05) is 19.8 Å². The maximum Gasteiger partial charge on any atom is 0.220 e. The van der Waals surface area contributed by atoms with E-state index in [0.717, 1.165) is 44.9 Å². The summed E-state index contributed by atoms with van der Waals surface area (Å²) in [6.45, 7) is 2.76. The Morgan fingerprint density at radius 2 is 0.825 bits per heavy atom. The van der Waals surface area contributed by atoms with Gasteiger partial charge in [0.15, 0.2) is 12.6 Å². The summed E-state index contributed by atoms with van der Waals surface area (Å²) < 4.78 is 22.7. The molecule has 2 aliphatic heterocycles. The molecule has 0 aromatic rings. The smallest absolute Gasteiger partial charge is 0.220 e. The molecule has 12 unspecified atom stereocenters. The molecule has 0 saturated carbocycles. The molecule has 12 atom stereocenters. The van der Waals surface area contributed by atoms with Gasteiger partial charge in [-0.25, -0.2) is 0 Å². The molecule has 2 aliphatic rings. The van der Waals surface area contributed by atoms with Crippen LogP contribution in [0.1, 0.15) is 284 Å². The Balaban J connectivity index is 1.53. The Morgan fingerprint density at radius 3 is 1.25 bits per heavy atom. The predicted octanol–water partition coefficient (Wildman–Crippen LogP) is 12.6. The number of allylic oxidation sites excluding steroid dienone is 5. The third-order valence-corrected chi connectivity index (χ3v) is 16.3. The van der Waals surface area contributed by atoms with Crippen LogP contribution in [0.15, 0.2) is 36.5 Å². The maximum atomic E-state index is 13.2. The fraction of sp³-hybridized carbons (Fsp3) is 0.894. The molecule has 14 nitrogen and oxygen atoms in total. The minimum Gasteiger partial charge on any atom is -0.394 e. The van der Waals surface area contributed by atoms with Crippen molar-refractivity contribution in [1.82, 2.24) is 5.32 Å². The molecular formula is C66H123NO13. The second-order valence-electron chi connectivity index (χ2n) is 23.6. The van der Waals surface area contributed by atoms with Gasteiger partial charge in [-0.1, -0.05) is 262 Å². The van der Waals surface area contributed by atoms with Crippen molar-refractivity contribution >= 4 is 5.91 Å². The number of ether oxygens (including phenoxy) is 4. The van der Waals surface area contributed by atoms with Gasteiger partial charge in [-0.2, -0.15) is 0 Å². The number of carbonyl (C=O) groups excluding carboxylic acids is 1. The van der Waals surface area contributed by atoms with Crippen molar-refractivity contribution in [3.05, 3.63) is 36.5 Å². The number of carbonyl (C=O) groups is 1. The van der Waals surface area contributed by atoms with E-state index < -0.39 is 86.8 Å². The van der Waals surface area contributed by atoms with E-state index in [2.05, 4.69) is 43.5 Å². The molecule has 9 N–H and O–H groups in total. The van der Waals surface area contributed by atoms with E-state index in [9.17, 15) is 45.6 Å². The molecule has 0 aromatic heterocycles. The fourth-order valence-corrected chi connectivity index (χ4v) is 11.0. The van der Waals surface area contributed by atoms with Crippen LogP contribution in [0.4, 0.5) is 0 Å². The highest BCUT2D eigenvalue weighted by atomic mass is 16.7. The highest BCUT2D eigenvalue weighted by Gasteiger charge is 2.51. The minimum atomic E-state index is -1.79. The molecule has 0 bridgehead atoms. The van der Waals surface area contributed by atoms with Crippen molar-refractivity contribution in [2.45, 2.75) is 357 Å². The number of hydrogen-bond donors (Lipinski definition) is 9. The molecule has 0 aromatic carbocycles. The molecule has 2 fully saturated rings. The number of hydrogen-bond acceptors (Lipinski definition) is 13. The average Bonchev–Trinajstić information content (AvgIpc) is 3.49. The number of aliphatic hydroxyl groups excluding tert-OH is 8. The molecule has 470 valence electrons. The minimum absolute atomic E-state index is 0.237. The second-order valence-corrected chi connectivity index (χ2v) is 23.6. The first kappa shape index (κ1) is 74.3. The Bertz CT molecular complexity index is 1480. The zero-order chi connectivity index (χ0) is 58.1. The fourth-order valence-electron chi connectivity index (χ4n) is 11.0. The Labute approximate surface area is 487 Å². The monoisotopic (exact) mass is 1140 g/mol. The van der Waals surface area contributed by atoms with Gasteiger partial charge in [-0.05, 0) is 51.4 Å². The summed E-state index contributed by atoms with van der Waals surface area (Å²) in [5.74, 6) is -0.237. The van der Waals surface area contributed by atoms with Crippen LogP contribution in [0.25, 0.3) is 0 Å². The second kappa shape index (κ2) is 51.6. The van der Waals surface area contributed by atoms with Crippen molar-refractivity contribution in [1.29, 1.82) is 0 Å². The number of aliphatic hydroxyl groups is 8. The summed E-state index contributed by atoms with van der Waals surface area (Å²) in [7, 11) is 0. The number of amides is 1. The molecule has 2 saturated heterocycles. The lowest BCUT2D eigenvalue weighted by Gasteiger charge is -2.46. The first-order valence-corrected chi connectivity index (χ1v) is 33.2. The Kier molecular flexibility index (Phi) is 47.9. The van der Waals surface area contributed by atoms with Crippen molar-refractivity contribution in [3.8, 4) is 0 Å². The molecule has 80 heavy (non-hydrogen) atoms. The van der Waals surface area contributed by atoms with E-state index >= 15 is 0 Å². The van der Waals surface area contributed by atoms with Gasteiger partial charge in [-0.3, -0.25) is 4.79 Å². The van der Waals surface area contributed by atoms with Gasteiger partial charge in [0.1, 0.15) is 48.8 Å². The number of rotatable bonds is 54. The Morgan fingerprint density at radius 1 is 0.450 bits per heavy atom. The molecule has 14 heteroatoms. The summed E-state index contributed by atoms with van der Waals surface area (Å²) in [4.78, 5) is 13.2. The number of unbranched alkanes of at least 4 members (excludes halogenated alkanes) is 37. The van der Waals surface area contributed by atoms with Crippen LogP contribution in [0.3, 0.4) is 0 Å². The van der Waals surface area contributed by atoms with E-state index in [-0.39, 0.29) is 18.9 Å². The highest BCUT2D eigenvalue weighted by molar-refractivity contribution is 5.76. The van der Waals surface area contributed by atoms with Gasteiger partial charge in [-0.15, -0.1) is 0 Å². The lowest BCUT2D eigenvalue weighted by molar-refractivity contribution is -0.359. The van der Waals surface area contributed by atoms with Crippen LogP contribution in [0.2, 0.25) is 0 Å². The van der Waals surface area contributed by atoms with Crippen LogP contribution < -0.4 is 5.32 Å². The standard InChI is InChI=1S/C66H123NO13/c1-3-5-7-9-11-13-14-15-16-17-18-19-20-21-22-23-24-25-26-27-28-29-30-31-32-33-34-35-36-37-38-39-40-42-44-46-48-50-58(71)67-54(55(70)49-47-45-43-41-12-10-8-6-4-2)53-77-65-63(76)61(74)64(57(52-69)79-65)80-66-62(75)60(73)59(72)56(51-68)78-66/h14-15,17-18,47,49,54-57,59-66,68-70,72-76H,3-13,16,19-46,48,50-53H2,1-2H3,(H,67,71)/b15-14-,18-17-,49-47+. The zero-order valence-electron chi connectivity index (χ0n) is 50.8. The first-order chi connectivity index (χ1) is 39.1. The molecule has 0 aliphatic carbocycles. The summed E-state index contributed by atoms with van der Waals surface area (Å²) in [5.41, 5.74) is 0. The van der Waals surface area contributed by atoms with Gasteiger partial charge in [0.2, 0.25) is 5.91 Å². The average molecular weight is 1140 g/mol. The van der Waals surface area contributed by atoms with E-state index in [0.29, 0.717) is 6.42 Å². The van der Waals surface area contributed by atoms with Crippen LogP contribution in [0.5, 0.6) is 0 Å². The highest BCUT2D eigenvalue weighted by Crippen LogP contribution is 2.30. The summed E-state index contributed by atoms with van der Waals surface area (Å²) in [6.07, 6.45) is 48.2. The van der Waals surface area contributed by atoms with E-state index in [1.807, 2.05) is 6.08 Å². The summed E-state index contributed by atoms with van der Waals surface area (Å²) in [5, 5.41) is 86.9. The molecule has 0 spiro atoms. The quantitative estimate of drug-likeness (QED) is 0.0204. The SMILES string of the molecule is CCCCCCC/C=C\C/C=C\CCCCCCCCCCCCCCCCCCCCCCCCCCCC(=O)NC(COC1OC(CO)C(OC2OC(CO)C(O)C(O)C2O)C(O)C1O)C(O)/C=C/CCCCCCCCC. The van der Waals surface area contributed by atoms with Gasteiger partial charge in [0.25, 0.3) is 0 Å². The molecule has 1 amide bonds. The Hall–Kier alpha value is -1.79. The van der Waals surface area contributed by atoms with E-state index in [1.54, 1.807) is 6.08 Å². The molecular weight excluding hydrogens is 1010 g/mol. The third kappa shape index (κ3) is 36.1. The lowest BCUT2D eigenvalue weighted by atomic mass is 9.97. The van der Waals surface area contributed by atoms with Gasteiger partial charge in [0.05, 0.1) is 32.0 Å². The largest absolute Gasteiger partial charge is 0.394 e. The third-order valence-electron chi connectivity index (χ3n) is 16.3. The van der Waals surface area contributed by atoms with Crippen LogP contribution in [0, 0.1) is 0 Å². The first-order valence-electron chi connectivity index (χ1n) is 33.2. The van der Waals surface area contributed by atoms with Gasteiger partial charge in [0, 0.05) is 6.42 Å². The van der Waals surface area contributed by atoms with Gasteiger partial charge < -0.3 is 65.1 Å².